The lowest BCUT2D eigenvalue weighted by Gasteiger charge is -2.07. The molecule has 0 amide bonds. The molecule has 1 heterocycles. The van der Waals surface area contributed by atoms with Crippen LogP contribution in [0.25, 0.3) is 11.3 Å². The van der Waals surface area contributed by atoms with Crippen LogP contribution in [-0.2, 0) is 6.54 Å². The van der Waals surface area contributed by atoms with Gasteiger partial charge in [0.05, 0.1) is 6.20 Å². The molecule has 2 rings (SSSR count). The standard InChI is InChI=1S/C16H23N3/c1-11(2)6-7-19-10-16(17-18-19)15-9-13(4)12(3)8-14(15)5/h8-11H,6-7H2,1-5H3. The van der Waals surface area contributed by atoms with Crippen molar-refractivity contribution in [1.29, 1.82) is 0 Å². The van der Waals surface area contributed by atoms with Crippen LogP contribution >= 0.6 is 0 Å². The molecule has 3 nitrogen and oxygen atoms in total. The van der Waals surface area contributed by atoms with Crippen LogP contribution in [0.4, 0.5) is 0 Å². The van der Waals surface area contributed by atoms with E-state index in [1.165, 1.54) is 22.3 Å². The summed E-state index contributed by atoms with van der Waals surface area (Å²) in [4.78, 5) is 0. The van der Waals surface area contributed by atoms with Gasteiger partial charge in [-0.25, -0.2) is 0 Å². The zero-order chi connectivity index (χ0) is 14.0. The van der Waals surface area contributed by atoms with E-state index in [9.17, 15) is 0 Å². The fourth-order valence-corrected chi connectivity index (χ4v) is 2.16. The Labute approximate surface area is 115 Å². The van der Waals surface area contributed by atoms with Gasteiger partial charge in [0.2, 0.25) is 0 Å². The van der Waals surface area contributed by atoms with Gasteiger partial charge in [-0.3, -0.25) is 4.68 Å². The van der Waals surface area contributed by atoms with E-state index >= 15 is 0 Å². The van der Waals surface area contributed by atoms with E-state index in [0.29, 0.717) is 5.92 Å². The van der Waals surface area contributed by atoms with Gasteiger partial charge in [0.15, 0.2) is 0 Å². The molecule has 1 aromatic carbocycles. The van der Waals surface area contributed by atoms with Crippen molar-refractivity contribution < 1.29 is 0 Å². The molecule has 0 atom stereocenters. The zero-order valence-electron chi connectivity index (χ0n) is 12.6. The van der Waals surface area contributed by atoms with Gasteiger partial charge in [-0.05, 0) is 55.9 Å². The first-order chi connectivity index (χ1) is 8.97. The van der Waals surface area contributed by atoms with Crippen molar-refractivity contribution in [3.8, 4) is 11.3 Å². The van der Waals surface area contributed by atoms with Crippen LogP contribution in [0, 0.1) is 26.7 Å². The molecule has 1 aromatic heterocycles. The minimum absolute atomic E-state index is 0.691. The van der Waals surface area contributed by atoms with E-state index in [-0.39, 0.29) is 0 Å². The number of aromatic nitrogens is 3. The van der Waals surface area contributed by atoms with Gasteiger partial charge in [0.25, 0.3) is 0 Å². The maximum atomic E-state index is 4.31. The summed E-state index contributed by atoms with van der Waals surface area (Å²) in [6.45, 7) is 11.8. The Morgan fingerprint density at radius 3 is 2.42 bits per heavy atom. The molecule has 0 saturated heterocycles. The molecule has 0 aliphatic carbocycles. The van der Waals surface area contributed by atoms with E-state index in [2.05, 4.69) is 63.3 Å². The van der Waals surface area contributed by atoms with Gasteiger partial charge in [-0.15, -0.1) is 5.10 Å². The molecule has 0 N–H and O–H groups in total. The quantitative estimate of drug-likeness (QED) is 0.831. The van der Waals surface area contributed by atoms with Crippen LogP contribution in [0.5, 0.6) is 0 Å². The molecule has 0 aliphatic rings. The molecular weight excluding hydrogens is 234 g/mol. The van der Waals surface area contributed by atoms with E-state index < -0.39 is 0 Å². The zero-order valence-corrected chi connectivity index (χ0v) is 12.6. The lowest BCUT2D eigenvalue weighted by molar-refractivity contribution is 0.478. The van der Waals surface area contributed by atoms with Crippen molar-refractivity contribution in [2.24, 2.45) is 5.92 Å². The molecule has 0 saturated carbocycles. The Kier molecular flexibility index (Phi) is 4.03. The maximum Gasteiger partial charge on any atom is 0.113 e. The molecular formula is C16H23N3. The van der Waals surface area contributed by atoms with E-state index in [1.54, 1.807) is 0 Å². The minimum atomic E-state index is 0.691. The number of aryl methyl sites for hydroxylation is 4. The molecule has 0 radical (unpaired) electrons. The van der Waals surface area contributed by atoms with Crippen LogP contribution in [0.2, 0.25) is 0 Å². The average molecular weight is 257 g/mol. The first-order valence-electron chi connectivity index (χ1n) is 6.95. The van der Waals surface area contributed by atoms with Gasteiger partial charge in [-0.2, -0.15) is 0 Å². The fourth-order valence-electron chi connectivity index (χ4n) is 2.16. The summed E-state index contributed by atoms with van der Waals surface area (Å²) in [7, 11) is 0. The third-order valence-corrected chi connectivity index (χ3v) is 3.59. The Balaban J connectivity index is 2.25. The second-order valence-corrected chi connectivity index (χ2v) is 5.80. The van der Waals surface area contributed by atoms with Crippen molar-refractivity contribution in [2.45, 2.75) is 47.6 Å². The Bertz CT molecular complexity index is 567. The Morgan fingerprint density at radius 1 is 1.05 bits per heavy atom. The summed E-state index contributed by atoms with van der Waals surface area (Å²) >= 11 is 0. The van der Waals surface area contributed by atoms with Gasteiger partial charge in [0.1, 0.15) is 5.69 Å². The smallest absolute Gasteiger partial charge is 0.113 e. The predicted molar refractivity (Wildman–Crippen MR) is 79.1 cm³/mol. The van der Waals surface area contributed by atoms with Crippen molar-refractivity contribution in [1.82, 2.24) is 15.0 Å². The summed E-state index contributed by atoms with van der Waals surface area (Å²) in [5.41, 5.74) is 6.06. The maximum absolute atomic E-state index is 4.31. The Morgan fingerprint density at radius 2 is 1.74 bits per heavy atom. The third kappa shape index (κ3) is 3.22. The number of rotatable bonds is 4. The molecule has 0 aliphatic heterocycles. The second-order valence-electron chi connectivity index (χ2n) is 5.80. The molecule has 102 valence electrons. The third-order valence-electron chi connectivity index (χ3n) is 3.59. The van der Waals surface area contributed by atoms with Gasteiger partial charge in [-0.1, -0.05) is 25.1 Å². The van der Waals surface area contributed by atoms with Crippen molar-refractivity contribution >= 4 is 0 Å². The first-order valence-corrected chi connectivity index (χ1v) is 6.95. The van der Waals surface area contributed by atoms with Crippen LogP contribution in [0.3, 0.4) is 0 Å². The summed E-state index contributed by atoms with van der Waals surface area (Å²) in [6, 6.07) is 4.43. The molecule has 0 fully saturated rings. The average Bonchev–Trinajstić information content (AvgIpc) is 2.80. The largest absolute Gasteiger partial charge is 0.252 e. The van der Waals surface area contributed by atoms with E-state index in [0.717, 1.165) is 18.7 Å². The minimum Gasteiger partial charge on any atom is -0.252 e. The SMILES string of the molecule is Cc1cc(C)c(-c2cn(CCC(C)C)nn2)cc1C. The van der Waals surface area contributed by atoms with Crippen molar-refractivity contribution in [2.75, 3.05) is 0 Å². The monoisotopic (exact) mass is 257 g/mol. The highest BCUT2D eigenvalue weighted by molar-refractivity contribution is 5.64. The molecule has 0 unspecified atom stereocenters. The van der Waals surface area contributed by atoms with E-state index in [4.69, 9.17) is 0 Å². The summed E-state index contributed by atoms with van der Waals surface area (Å²) < 4.78 is 1.95. The van der Waals surface area contributed by atoms with Gasteiger partial charge < -0.3 is 0 Å². The topological polar surface area (TPSA) is 30.7 Å². The van der Waals surface area contributed by atoms with Crippen LogP contribution in [0.15, 0.2) is 18.3 Å². The summed E-state index contributed by atoms with van der Waals surface area (Å²) in [5.74, 6) is 0.691. The highest BCUT2D eigenvalue weighted by Gasteiger charge is 2.09. The highest BCUT2D eigenvalue weighted by atomic mass is 15.4. The lowest BCUT2D eigenvalue weighted by atomic mass is 9.99. The highest BCUT2D eigenvalue weighted by Crippen LogP contribution is 2.24. The number of hydrogen-bond donors (Lipinski definition) is 0. The molecule has 0 spiro atoms. The van der Waals surface area contributed by atoms with Gasteiger partial charge >= 0.3 is 0 Å². The molecule has 2 aromatic rings. The summed E-state index contributed by atoms with van der Waals surface area (Å²) in [5, 5.41) is 8.53. The van der Waals surface area contributed by atoms with Crippen LogP contribution in [0.1, 0.15) is 37.0 Å². The second kappa shape index (κ2) is 5.55. The molecule has 3 heteroatoms. The van der Waals surface area contributed by atoms with E-state index in [1.807, 2.05) is 4.68 Å². The first kappa shape index (κ1) is 13.8. The van der Waals surface area contributed by atoms with Crippen LogP contribution in [-0.4, -0.2) is 15.0 Å². The number of nitrogens with zero attached hydrogens (tertiary/aromatic N) is 3. The summed E-state index contributed by atoms with van der Waals surface area (Å²) in [6.07, 6.45) is 3.19. The Hall–Kier alpha value is -1.64. The predicted octanol–water partition coefficient (Wildman–Crippen LogP) is 3.92. The number of benzene rings is 1. The van der Waals surface area contributed by atoms with Gasteiger partial charge in [0, 0.05) is 12.1 Å². The molecule has 0 bridgehead atoms. The lowest BCUT2D eigenvalue weighted by Crippen LogP contribution is -2.01. The fraction of sp³-hybridized carbons (Fsp3) is 0.500. The normalized spacial score (nSPS) is 11.3. The van der Waals surface area contributed by atoms with Crippen LogP contribution < -0.4 is 0 Å². The van der Waals surface area contributed by atoms with Crippen molar-refractivity contribution in [3.63, 3.8) is 0 Å². The molecule has 19 heavy (non-hydrogen) atoms. The van der Waals surface area contributed by atoms with Crippen molar-refractivity contribution in [3.05, 3.63) is 35.0 Å². The number of hydrogen-bond acceptors (Lipinski definition) is 2.